The summed E-state index contributed by atoms with van der Waals surface area (Å²) in [6, 6.07) is 11.8. The highest BCUT2D eigenvalue weighted by Gasteiger charge is 2.14. The molecule has 2 N–H and O–H groups in total. The van der Waals surface area contributed by atoms with E-state index in [1.165, 1.54) is 6.21 Å². The molecule has 0 unspecified atom stereocenters. The van der Waals surface area contributed by atoms with Crippen molar-refractivity contribution < 1.29 is 19.1 Å². The molecule has 152 valence electrons. The monoisotopic (exact) mass is 443 g/mol. The number of aromatic nitrogens is 2. The van der Waals surface area contributed by atoms with Crippen LogP contribution in [-0.2, 0) is 11.2 Å². The molecule has 9 nitrogen and oxygen atoms in total. The van der Waals surface area contributed by atoms with E-state index in [1.54, 1.807) is 42.5 Å². The van der Waals surface area contributed by atoms with E-state index in [4.69, 9.17) is 21.1 Å². The van der Waals surface area contributed by atoms with Gasteiger partial charge in [-0.15, -0.1) is 10.2 Å². The summed E-state index contributed by atoms with van der Waals surface area (Å²) < 4.78 is 10.5. The van der Waals surface area contributed by atoms with Gasteiger partial charge in [-0.2, -0.15) is 5.10 Å². The fourth-order valence-electron chi connectivity index (χ4n) is 2.50. The summed E-state index contributed by atoms with van der Waals surface area (Å²) in [5.74, 6) is 0.601. The van der Waals surface area contributed by atoms with Gasteiger partial charge in [0, 0.05) is 10.6 Å². The van der Waals surface area contributed by atoms with Crippen molar-refractivity contribution in [1.29, 1.82) is 0 Å². The molecular weight excluding hydrogens is 430 g/mol. The summed E-state index contributed by atoms with van der Waals surface area (Å²) in [6.45, 7) is 0.191. The highest BCUT2D eigenvalue weighted by Crippen LogP contribution is 2.31. The third-order valence-electron chi connectivity index (χ3n) is 3.91. The summed E-state index contributed by atoms with van der Waals surface area (Å²) >= 11 is 6.92. The van der Waals surface area contributed by atoms with Crippen molar-refractivity contribution in [2.75, 3.05) is 12.1 Å². The molecule has 0 aliphatic carbocycles. The lowest BCUT2D eigenvalue weighted by Crippen LogP contribution is -2.19. The molecule has 2 heterocycles. The van der Waals surface area contributed by atoms with Crippen LogP contribution in [0.2, 0.25) is 5.02 Å². The second-order valence-corrected chi connectivity index (χ2v) is 7.54. The zero-order chi connectivity index (χ0) is 20.9. The largest absolute Gasteiger partial charge is 0.454 e. The van der Waals surface area contributed by atoms with Crippen LogP contribution >= 0.6 is 22.9 Å². The van der Waals surface area contributed by atoms with Gasteiger partial charge in [0.15, 0.2) is 11.5 Å². The lowest BCUT2D eigenvalue weighted by atomic mass is 10.2. The van der Waals surface area contributed by atoms with Gasteiger partial charge in [0.2, 0.25) is 17.8 Å². The molecule has 3 aromatic rings. The summed E-state index contributed by atoms with van der Waals surface area (Å²) in [5, 5.41) is 15.6. The Balaban J connectivity index is 1.28. The fourth-order valence-corrected chi connectivity index (χ4v) is 3.35. The third-order valence-corrected chi connectivity index (χ3v) is 5.00. The first-order chi connectivity index (χ1) is 14.6. The smallest absolute Gasteiger partial charge is 0.257 e. The van der Waals surface area contributed by atoms with Crippen molar-refractivity contribution in [3.8, 4) is 11.5 Å². The van der Waals surface area contributed by atoms with E-state index in [0.717, 1.165) is 16.9 Å². The van der Waals surface area contributed by atoms with Crippen LogP contribution in [0.25, 0.3) is 0 Å². The number of amides is 2. The maximum absolute atomic E-state index is 12.2. The average molecular weight is 444 g/mol. The number of hydrazone groups is 1. The number of ether oxygens (including phenoxy) is 2. The molecule has 0 spiro atoms. The Labute approximate surface area is 179 Å². The molecule has 1 aliphatic rings. The standard InChI is InChI=1S/C19H14ClN5O4S/c20-13-4-2-12(3-5-13)18(27)22-19-25-24-17(30-19)8-16(26)23-21-9-11-1-6-14-15(7-11)29-10-28-14/h1-7,9H,8,10H2,(H,23,26)(H,22,25,27). The number of fused-ring (bicyclic) bond motifs is 1. The predicted molar refractivity (Wildman–Crippen MR) is 111 cm³/mol. The minimum atomic E-state index is -0.362. The highest BCUT2D eigenvalue weighted by molar-refractivity contribution is 7.15. The van der Waals surface area contributed by atoms with Crippen molar-refractivity contribution in [2.24, 2.45) is 5.10 Å². The van der Waals surface area contributed by atoms with Crippen molar-refractivity contribution in [2.45, 2.75) is 6.42 Å². The van der Waals surface area contributed by atoms with E-state index in [1.807, 2.05) is 0 Å². The first kappa shape index (κ1) is 19.8. The third kappa shape index (κ3) is 4.91. The van der Waals surface area contributed by atoms with E-state index in [2.05, 4.69) is 26.0 Å². The zero-order valence-corrected chi connectivity index (χ0v) is 16.9. The van der Waals surface area contributed by atoms with Gasteiger partial charge >= 0.3 is 0 Å². The van der Waals surface area contributed by atoms with Gasteiger partial charge in [0.25, 0.3) is 5.91 Å². The van der Waals surface area contributed by atoms with E-state index in [-0.39, 0.29) is 25.0 Å². The van der Waals surface area contributed by atoms with E-state index >= 15 is 0 Å². The molecule has 2 amide bonds. The number of nitrogens with one attached hydrogen (secondary N) is 2. The number of hydrogen-bond donors (Lipinski definition) is 2. The lowest BCUT2D eigenvalue weighted by molar-refractivity contribution is -0.120. The molecule has 0 fully saturated rings. The highest BCUT2D eigenvalue weighted by atomic mass is 35.5. The fraction of sp³-hybridized carbons (Fsp3) is 0.105. The Bertz CT molecular complexity index is 1120. The number of carbonyl (C=O) groups excluding carboxylic acids is 2. The molecule has 1 aromatic heterocycles. The summed E-state index contributed by atoms with van der Waals surface area (Å²) in [4.78, 5) is 24.2. The average Bonchev–Trinajstić information content (AvgIpc) is 3.37. The van der Waals surface area contributed by atoms with Crippen LogP contribution in [-0.4, -0.2) is 35.0 Å². The maximum Gasteiger partial charge on any atom is 0.257 e. The predicted octanol–water partition coefficient (Wildman–Crippen LogP) is 2.87. The Morgan fingerprint density at radius 1 is 1.13 bits per heavy atom. The van der Waals surface area contributed by atoms with Gasteiger partial charge < -0.3 is 9.47 Å². The lowest BCUT2D eigenvalue weighted by Gasteiger charge is -2.00. The molecule has 2 aromatic carbocycles. The molecule has 11 heteroatoms. The number of rotatable bonds is 6. The number of benzene rings is 2. The van der Waals surface area contributed by atoms with Crippen LogP contribution in [0.5, 0.6) is 11.5 Å². The summed E-state index contributed by atoms with van der Waals surface area (Å²) in [7, 11) is 0. The Hall–Kier alpha value is -3.50. The normalized spacial score (nSPS) is 12.2. The van der Waals surface area contributed by atoms with E-state index in [9.17, 15) is 9.59 Å². The van der Waals surface area contributed by atoms with Crippen LogP contribution in [0.15, 0.2) is 47.6 Å². The van der Waals surface area contributed by atoms with E-state index < -0.39 is 0 Å². The molecule has 0 radical (unpaired) electrons. The molecule has 0 atom stereocenters. The summed E-state index contributed by atoms with van der Waals surface area (Å²) in [5.41, 5.74) is 3.62. The summed E-state index contributed by atoms with van der Waals surface area (Å²) in [6.07, 6.45) is 1.48. The Morgan fingerprint density at radius 3 is 2.77 bits per heavy atom. The van der Waals surface area contributed by atoms with Crippen molar-refractivity contribution >= 4 is 46.1 Å². The number of anilines is 1. The van der Waals surface area contributed by atoms with Crippen molar-refractivity contribution in [3.05, 3.63) is 63.6 Å². The van der Waals surface area contributed by atoms with Crippen LogP contribution in [0.1, 0.15) is 20.9 Å². The Morgan fingerprint density at radius 2 is 1.93 bits per heavy atom. The van der Waals surface area contributed by atoms with Crippen LogP contribution in [0.4, 0.5) is 5.13 Å². The van der Waals surface area contributed by atoms with Crippen molar-refractivity contribution in [3.63, 3.8) is 0 Å². The topological polar surface area (TPSA) is 115 Å². The molecule has 4 rings (SSSR count). The first-order valence-corrected chi connectivity index (χ1v) is 9.87. The van der Waals surface area contributed by atoms with Crippen molar-refractivity contribution in [1.82, 2.24) is 15.6 Å². The van der Waals surface area contributed by atoms with Gasteiger partial charge in [-0.25, -0.2) is 5.43 Å². The number of halogens is 1. The van der Waals surface area contributed by atoms with Gasteiger partial charge in [-0.05, 0) is 48.0 Å². The molecule has 0 saturated carbocycles. The number of nitrogens with zero attached hydrogens (tertiary/aromatic N) is 3. The van der Waals surface area contributed by atoms with Gasteiger partial charge in [0.05, 0.1) is 12.6 Å². The zero-order valence-electron chi connectivity index (χ0n) is 15.3. The molecule has 30 heavy (non-hydrogen) atoms. The molecule has 0 saturated heterocycles. The SMILES string of the molecule is O=C(Cc1nnc(NC(=O)c2ccc(Cl)cc2)s1)NN=Cc1ccc2c(c1)OCO2. The van der Waals surface area contributed by atoms with E-state index in [0.29, 0.717) is 32.2 Å². The number of carbonyl (C=O) groups is 2. The first-order valence-electron chi connectivity index (χ1n) is 8.68. The quantitative estimate of drug-likeness (QED) is 0.447. The Kier molecular flexibility index (Phi) is 5.87. The van der Waals surface area contributed by atoms with Gasteiger partial charge in [-0.3, -0.25) is 14.9 Å². The second-order valence-electron chi connectivity index (χ2n) is 6.04. The molecule has 1 aliphatic heterocycles. The van der Waals surface area contributed by atoms with Crippen LogP contribution in [0, 0.1) is 0 Å². The maximum atomic E-state index is 12.2. The van der Waals surface area contributed by atoms with Crippen LogP contribution < -0.4 is 20.2 Å². The van der Waals surface area contributed by atoms with Crippen LogP contribution in [0.3, 0.4) is 0 Å². The molecular formula is C19H14ClN5O4S. The van der Waals surface area contributed by atoms with Gasteiger partial charge in [0.1, 0.15) is 5.01 Å². The molecule has 0 bridgehead atoms. The minimum absolute atomic E-state index is 0.0209. The van der Waals surface area contributed by atoms with Gasteiger partial charge in [-0.1, -0.05) is 22.9 Å². The second kappa shape index (κ2) is 8.89. The number of hydrogen-bond acceptors (Lipinski definition) is 8. The minimum Gasteiger partial charge on any atom is -0.454 e.